The molecule has 0 amide bonds. The van der Waals surface area contributed by atoms with Crippen LogP contribution in [0.2, 0.25) is 0 Å². The molecule has 0 fully saturated rings. The Balaban J connectivity index is 2.35. The number of alkyl halides is 1. The second kappa shape index (κ2) is 4.14. The quantitative estimate of drug-likeness (QED) is 0.726. The first-order valence-corrected chi connectivity index (χ1v) is 6.57. The molecule has 0 radical (unpaired) electrons. The standard InChI is InChI=1S/C12H13BrOS/c1-7-4-9(3)15-12(7)11(13)10-5-8(2)14-6-10/h4-6,11H,1-3H3. The summed E-state index contributed by atoms with van der Waals surface area (Å²) in [6.45, 7) is 6.26. The fourth-order valence-electron chi connectivity index (χ4n) is 1.66. The van der Waals surface area contributed by atoms with E-state index in [4.69, 9.17) is 4.42 Å². The van der Waals surface area contributed by atoms with Gasteiger partial charge in [0, 0.05) is 15.3 Å². The summed E-state index contributed by atoms with van der Waals surface area (Å²) in [5, 5.41) is 0. The van der Waals surface area contributed by atoms with E-state index in [2.05, 4.69) is 41.9 Å². The minimum atomic E-state index is 0.258. The van der Waals surface area contributed by atoms with E-state index in [1.807, 2.05) is 24.5 Å². The molecule has 0 aliphatic rings. The molecular weight excluding hydrogens is 272 g/mol. The van der Waals surface area contributed by atoms with Crippen LogP contribution in [-0.4, -0.2) is 0 Å². The maximum absolute atomic E-state index is 5.33. The fraction of sp³-hybridized carbons (Fsp3) is 0.333. The van der Waals surface area contributed by atoms with Gasteiger partial charge in [0.1, 0.15) is 5.76 Å². The summed E-state index contributed by atoms with van der Waals surface area (Å²) in [6, 6.07) is 4.30. The summed E-state index contributed by atoms with van der Waals surface area (Å²) in [6.07, 6.45) is 1.82. The Bertz CT molecular complexity index is 470. The van der Waals surface area contributed by atoms with Crippen LogP contribution >= 0.6 is 27.3 Å². The van der Waals surface area contributed by atoms with Crippen molar-refractivity contribution in [2.45, 2.75) is 25.6 Å². The average molecular weight is 285 g/mol. The molecule has 2 heterocycles. The Morgan fingerprint density at radius 2 is 2.00 bits per heavy atom. The van der Waals surface area contributed by atoms with Crippen molar-refractivity contribution in [3.8, 4) is 0 Å². The van der Waals surface area contributed by atoms with Crippen LogP contribution in [0, 0.1) is 20.8 Å². The van der Waals surface area contributed by atoms with E-state index >= 15 is 0 Å². The van der Waals surface area contributed by atoms with E-state index in [0.717, 1.165) is 5.76 Å². The van der Waals surface area contributed by atoms with Crippen LogP contribution < -0.4 is 0 Å². The number of aryl methyl sites for hydroxylation is 3. The monoisotopic (exact) mass is 284 g/mol. The van der Waals surface area contributed by atoms with E-state index in [0.29, 0.717) is 0 Å². The lowest BCUT2D eigenvalue weighted by atomic mass is 10.1. The lowest BCUT2D eigenvalue weighted by Gasteiger charge is -2.05. The largest absolute Gasteiger partial charge is 0.469 e. The summed E-state index contributed by atoms with van der Waals surface area (Å²) >= 11 is 5.56. The lowest BCUT2D eigenvalue weighted by molar-refractivity contribution is 0.532. The van der Waals surface area contributed by atoms with Crippen molar-refractivity contribution < 1.29 is 4.42 Å². The van der Waals surface area contributed by atoms with Gasteiger partial charge in [-0.25, -0.2) is 0 Å². The third-order valence-corrected chi connectivity index (χ3v) is 4.86. The number of halogens is 1. The van der Waals surface area contributed by atoms with Gasteiger partial charge in [0.25, 0.3) is 0 Å². The molecule has 0 saturated heterocycles. The van der Waals surface area contributed by atoms with Crippen LogP contribution in [0.25, 0.3) is 0 Å². The minimum absolute atomic E-state index is 0.258. The van der Waals surface area contributed by atoms with E-state index in [1.165, 1.54) is 20.9 Å². The van der Waals surface area contributed by atoms with Crippen molar-refractivity contribution in [2.75, 3.05) is 0 Å². The molecule has 80 valence electrons. The number of hydrogen-bond donors (Lipinski definition) is 0. The molecule has 0 saturated carbocycles. The van der Waals surface area contributed by atoms with Crippen LogP contribution in [0.15, 0.2) is 22.8 Å². The summed E-state index contributed by atoms with van der Waals surface area (Å²) in [7, 11) is 0. The van der Waals surface area contributed by atoms with Gasteiger partial charge in [0.2, 0.25) is 0 Å². The highest BCUT2D eigenvalue weighted by Gasteiger charge is 2.16. The topological polar surface area (TPSA) is 13.1 Å². The molecule has 2 aromatic rings. The van der Waals surface area contributed by atoms with E-state index in [1.54, 1.807) is 0 Å². The zero-order valence-corrected chi connectivity index (χ0v) is 11.4. The van der Waals surface area contributed by atoms with Crippen molar-refractivity contribution in [3.63, 3.8) is 0 Å². The van der Waals surface area contributed by atoms with Gasteiger partial charge in [-0.3, -0.25) is 0 Å². The zero-order valence-electron chi connectivity index (χ0n) is 9.00. The molecule has 1 unspecified atom stereocenters. The van der Waals surface area contributed by atoms with Gasteiger partial charge in [0.15, 0.2) is 0 Å². The Kier molecular flexibility index (Phi) is 3.03. The van der Waals surface area contributed by atoms with Gasteiger partial charge >= 0.3 is 0 Å². The van der Waals surface area contributed by atoms with Crippen molar-refractivity contribution in [2.24, 2.45) is 0 Å². The maximum atomic E-state index is 5.33. The molecule has 0 spiro atoms. The molecule has 0 N–H and O–H groups in total. The highest BCUT2D eigenvalue weighted by atomic mass is 79.9. The first-order chi connectivity index (χ1) is 7.08. The van der Waals surface area contributed by atoms with E-state index in [-0.39, 0.29) is 4.83 Å². The normalized spacial score (nSPS) is 13.1. The summed E-state index contributed by atoms with van der Waals surface area (Å²) in [5.74, 6) is 0.959. The van der Waals surface area contributed by atoms with Gasteiger partial charge in [-0.2, -0.15) is 0 Å². The van der Waals surface area contributed by atoms with Crippen LogP contribution in [0.1, 0.15) is 31.5 Å². The highest BCUT2D eigenvalue weighted by Crippen LogP contribution is 2.38. The molecule has 2 aromatic heterocycles. The van der Waals surface area contributed by atoms with Crippen LogP contribution in [0.3, 0.4) is 0 Å². The first kappa shape index (κ1) is 11.0. The summed E-state index contributed by atoms with van der Waals surface area (Å²) in [4.78, 5) is 2.98. The minimum Gasteiger partial charge on any atom is -0.469 e. The second-order valence-electron chi connectivity index (χ2n) is 3.76. The predicted octanol–water partition coefficient (Wildman–Crippen LogP) is 4.75. The highest BCUT2D eigenvalue weighted by molar-refractivity contribution is 9.09. The van der Waals surface area contributed by atoms with Gasteiger partial charge in [-0.15, -0.1) is 11.3 Å². The molecule has 0 aromatic carbocycles. The Labute approximate surface area is 102 Å². The second-order valence-corrected chi connectivity index (χ2v) is 5.96. The molecule has 3 heteroatoms. The van der Waals surface area contributed by atoms with E-state index in [9.17, 15) is 0 Å². The van der Waals surface area contributed by atoms with Gasteiger partial charge in [-0.05, 0) is 38.5 Å². The third kappa shape index (κ3) is 2.18. The molecule has 0 aliphatic carbocycles. The Morgan fingerprint density at radius 3 is 2.47 bits per heavy atom. The van der Waals surface area contributed by atoms with Gasteiger partial charge in [-0.1, -0.05) is 15.9 Å². The lowest BCUT2D eigenvalue weighted by Crippen LogP contribution is -1.88. The van der Waals surface area contributed by atoms with Crippen molar-refractivity contribution in [3.05, 3.63) is 45.0 Å². The average Bonchev–Trinajstić information content (AvgIpc) is 2.71. The maximum Gasteiger partial charge on any atom is 0.101 e. The fourth-order valence-corrected chi connectivity index (χ4v) is 3.58. The number of hydrogen-bond acceptors (Lipinski definition) is 2. The van der Waals surface area contributed by atoms with Crippen LogP contribution in [0.5, 0.6) is 0 Å². The molecule has 0 bridgehead atoms. The van der Waals surface area contributed by atoms with Crippen molar-refractivity contribution in [1.82, 2.24) is 0 Å². The molecule has 1 nitrogen and oxygen atoms in total. The third-order valence-electron chi connectivity index (χ3n) is 2.35. The zero-order chi connectivity index (χ0) is 11.0. The van der Waals surface area contributed by atoms with Gasteiger partial charge < -0.3 is 4.42 Å². The summed E-state index contributed by atoms with van der Waals surface area (Å²) in [5.41, 5.74) is 2.54. The molecule has 0 aliphatic heterocycles. The van der Waals surface area contributed by atoms with E-state index < -0.39 is 0 Å². The number of thiophene rings is 1. The predicted molar refractivity (Wildman–Crippen MR) is 68.0 cm³/mol. The smallest absolute Gasteiger partial charge is 0.101 e. The number of rotatable bonds is 2. The molecule has 15 heavy (non-hydrogen) atoms. The van der Waals surface area contributed by atoms with Crippen molar-refractivity contribution in [1.29, 1.82) is 0 Å². The molecular formula is C12H13BrOS. The Morgan fingerprint density at radius 1 is 1.27 bits per heavy atom. The van der Waals surface area contributed by atoms with Gasteiger partial charge in [0.05, 0.1) is 11.1 Å². The van der Waals surface area contributed by atoms with Crippen LogP contribution in [-0.2, 0) is 0 Å². The number of furan rings is 1. The van der Waals surface area contributed by atoms with Crippen molar-refractivity contribution >= 4 is 27.3 Å². The molecule has 2 rings (SSSR count). The summed E-state index contributed by atoms with van der Waals surface area (Å²) < 4.78 is 5.33. The Hall–Kier alpha value is -0.540. The molecule has 1 atom stereocenters. The van der Waals surface area contributed by atoms with Crippen LogP contribution in [0.4, 0.5) is 0 Å². The first-order valence-electron chi connectivity index (χ1n) is 4.84. The SMILES string of the molecule is Cc1cc(C(Br)c2sc(C)cc2C)co1.